The Balaban J connectivity index is 1.36. The number of hydrogen-bond acceptors (Lipinski definition) is 6. The molecule has 0 aliphatic carbocycles. The minimum absolute atomic E-state index is 0.235. The summed E-state index contributed by atoms with van der Waals surface area (Å²) in [5.74, 6) is 1.63. The highest BCUT2D eigenvalue weighted by molar-refractivity contribution is 5.94. The maximum Gasteiger partial charge on any atom is 0.416 e. The first-order chi connectivity index (χ1) is 15.8. The number of hydrogen-bond donors (Lipinski definition) is 1. The van der Waals surface area contributed by atoms with Crippen LogP contribution < -0.4 is 15.0 Å². The lowest BCUT2D eigenvalue weighted by molar-refractivity contribution is -0.137. The number of ether oxygens (including phenoxy) is 1. The molecule has 0 radical (unpaired) electrons. The van der Waals surface area contributed by atoms with Crippen molar-refractivity contribution in [1.29, 1.82) is 0 Å². The fraction of sp³-hybridized carbons (Fsp3) is 0.261. The summed E-state index contributed by atoms with van der Waals surface area (Å²) in [6, 6.07) is 13.5. The maximum absolute atomic E-state index is 12.7. The fourth-order valence-corrected chi connectivity index (χ4v) is 3.49. The molecule has 3 aromatic rings. The van der Waals surface area contributed by atoms with Crippen LogP contribution in [0.15, 0.2) is 60.8 Å². The summed E-state index contributed by atoms with van der Waals surface area (Å²) in [6.07, 6.45) is -2.77. The van der Waals surface area contributed by atoms with Crippen LogP contribution in [0.25, 0.3) is 0 Å². The number of piperazine rings is 1. The Bertz CT molecular complexity index is 1100. The van der Waals surface area contributed by atoms with Crippen molar-refractivity contribution in [1.82, 2.24) is 14.9 Å². The second-order valence-electron chi connectivity index (χ2n) is 7.45. The van der Waals surface area contributed by atoms with Gasteiger partial charge in [-0.05, 0) is 54.6 Å². The molecule has 33 heavy (non-hydrogen) atoms. The summed E-state index contributed by atoms with van der Waals surface area (Å²) < 4.78 is 43.4. The Labute approximate surface area is 188 Å². The number of benzene rings is 2. The molecule has 172 valence electrons. The van der Waals surface area contributed by atoms with Gasteiger partial charge in [0.1, 0.15) is 11.6 Å². The number of nitrogens with zero attached hydrogens (tertiary/aromatic N) is 4. The number of carbonyl (C=O) groups excluding carboxylic acids is 1. The van der Waals surface area contributed by atoms with E-state index in [1.165, 1.54) is 12.1 Å². The van der Waals surface area contributed by atoms with Gasteiger partial charge in [-0.25, -0.2) is 4.98 Å². The van der Waals surface area contributed by atoms with Crippen molar-refractivity contribution < 1.29 is 22.7 Å². The van der Waals surface area contributed by atoms with Crippen LogP contribution in [0.4, 0.5) is 30.6 Å². The third-order valence-corrected chi connectivity index (χ3v) is 5.31. The van der Waals surface area contributed by atoms with Gasteiger partial charge in [0.05, 0.1) is 12.7 Å². The molecule has 1 saturated heterocycles. The van der Waals surface area contributed by atoms with Crippen molar-refractivity contribution in [3.05, 3.63) is 71.9 Å². The maximum atomic E-state index is 12.7. The lowest BCUT2D eigenvalue weighted by Crippen LogP contribution is -2.49. The van der Waals surface area contributed by atoms with E-state index in [9.17, 15) is 18.0 Å². The second-order valence-corrected chi connectivity index (χ2v) is 7.45. The van der Waals surface area contributed by atoms with E-state index in [-0.39, 0.29) is 11.5 Å². The van der Waals surface area contributed by atoms with Crippen molar-refractivity contribution in [2.24, 2.45) is 0 Å². The summed E-state index contributed by atoms with van der Waals surface area (Å²) in [5, 5.41) is 3.22. The van der Waals surface area contributed by atoms with Crippen LogP contribution >= 0.6 is 0 Å². The number of amides is 1. The highest BCUT2D eigenvalue weighted by atomic mass is 19.4. The first-order valence-corrected chi connectivity index (χ1v) is 10.3. The first kappa shape index (κ1) is 22.4. The molecular weight excluding hydrogens is 435 g/mol. The van der Waals surface area contributed by atoms with Gasteiger partial charge in [0.2, 0.25) is 5.95 Å². The van der Waals surface area contributed by atoms with E-state index in [1.54, 1.807) is 24.3 Å². The number of aromatic nitrogens is 2. The molecule has 1 aliphatic heterocycles. The van der Waals surface area contributed by atoms with Crippen LogP contribution in [-0.2, 0) is 6.18 Å². The quantitative estimate of drug-likeness (QED) is 0.619. The third-order valence-electron chi connectivity index (χ3n) is 5.31. The van der Waals surface area contributed by atoms with Gasteiger partial charge in [0, 0.05) is 43.6 Å². The fourth-order valence-electron chi connectivity index (χ4n) is 3.49. The Hall–Kier alpha value is -3.82. The van der Waals surface area contributed by atoms with Gasteiger partial charge in [-0.3, -0.25) is 4.79 Å². The minimum Gasteiger partial charge on any atom is -0.497 e. The molecule has 4 rings (SSSR count). The molecular formula is C23H22F3N5O2. The van der Waals surface area contributed by atoms with E-state index >= 15 is 0 Å². The van der Waals surface area contributed by atoms with Crippen LogP contribution in [0, 0.1) is 0 Å². The summed E-state index contributed by atoms with van der Waals surface area (Å²) >= 11 is 0. The molecule has 1 aromatic heterocycles. The Morgan fingerprint density at radius 2 is 1.64 bits per heavy atom. The number of anilines is 3. The SMILES string of the molecule is COc1ccc(Nc2ccnc(N3CCN(C(=O)c4ccc(C(F)(F)F)cc4)CC3)n2)cc1. The van der Waals surface area contributed by atoms with E-state index in [1.807, 2.05) is 29.2 Å². The molecule has 1 amide bonds. The number of halogens is 3. The van der Waals surface area contributed by atoms with E-state index in [2.05, 4.69) is 15.3 Å². The van der Waals surface area contributed by atoms with Gasteiger partial charge in [0.15, 0.2) is 0 Å². The highest BCUT2D eigenvalue weighted by Gasteiger charge is 2.31. The van der Waals surface area contributed by atoms with Crippen molar-refractivity contribution in [3.63, 3.8) is 0 Å². The monoisotopic (exact) mass is 457 g/mol. The van der Waals surface area contributed by atoms with E-state index in [4.69, 9.17) is 4.74 Å². The summed E-state index contributed by atoms with van der Waals surface area (Å²) in [4.78, 5) is 25.2. The van der Waals surface area contributed by atoms with Crippen molar-refractivity contribution in [2.45, 2.75) is 6.18 Å². The summed E-state index contributed by atoms with van der Waals surface area (Å²) in [6.45, 7) is 1.86. The zero-order chi connectivity index (χ0) is 23.4. The van der Waals surface area contributed by atoms with Gasteiger partial charge in [-0.15, -0.1) is 0 Å². The predicted molar refractivity (Wildman–Crippen MR) is 118 cm³/mol. The van der Waals surface area contributed by atoms with E-state index in [0.717, 1.165) is 23.6 Å². The van der Waals surface area contributed by atoms with Gasteiger partial charge in [-0.1, -0.05) is 0 Å². The zero-order valence-corrected chi connectivity index (χ0v) is 17.8. The zero-order valence-electron chi connectivity index (χ0n) is 17.8. The molecule has 7 nitrogen and oxygen atoms in total. The van der Waals surface area contributed by atoms with Gasteiger partial charge in [0.25, 0.3) is 5.91 Å². The van der Waals surface area contributed by atoms with E-state index in [0.29, 0.717) is 37.9 Å². The Morgan fingerprint density at radius 3 is 2.24 bits per heavy atom. The number of methoxy groups -OCH3 is 1. The van der Waals surface area contributed by atoms with Crippen molar-refractivity contribution in [3.8, 4) is 5.75 Å². The lowest BCUT2D eigenvalue weighted by Gasteiger charge is -2.34. The molecule has 1 N–H and O–H groups in total. The average molecular weight is 457 g/mol. The van der Waals surface area contributed by atoms with Crippen molar-refractivity contribution >= 4 is 23.4 Å². The lowest BCUT2D eigenvalue weighted by atomic mass is 10.1. The number of alkyl halides is 3. The third kappa shape index (κ3) is 5.33. The first-order valence-electron chi connectivity index (χ1n) is 10.3. The average Bonchev–Trinajstić information content (AvgIpc) is 2.84. The molecule has 0 unspecified atom stereocenters. The number of nitrogens with one attached hydrogen (secondary N) is 1. The molecule has 1 aliphatic rings. The number of rotatable bonds is 5. The van der Waals surface area contributed by atoms with E-state index < -0.39 is 11.7 Å². The largest absolute Gasteiger partial charge is 0.497 e. The molecule has 0 saturated carbocycles. The summed E-state index contributed by atoms with van der Waals surface area (Å²) in [7, 11) is 1.61. The van der Waals surface area contributed by atoms with Crippen LogP contribution in [0.3, 0.4) is 0 Å². The number of carbonyl (C=O) groups is 1. The van der Waals surface area contributed by atoms with Gasteiger partial charge >= 0.3 is 6.18 Å². The molecule has 10 heteroatoms. The van der Waals surface area contributed by atoms with Crippen LogP contribution in [0.1, 0.15) is 15.9 Å². The van der Waals surface area contributed by atoms with Crippen LogP contribution in [-0.4, -0.2) is 54.1 Å². The molecule has 0 atom stereocenters. The molecule has 2 aromatic carbocycles. The minimum atomic E-state index is -4.43. The molecule has 1 fully saturated rings. The molecule has 0 spiro atoms. The highest BCUT2D eigenvalue weighted by Crippen LogP contribution is 2.29. The predicted octanol–water partition coefficient (Wildman–Crippen LogP) is 4.21. The topological polar surface area (TPSA) is 70.6 Å². The van der Waals surface area contributed by atoms with Crippen LogP contribution in [0.5, 0.6) is 5.75 Å². The molecule has 2 heterocycles. The van der Waals surface area contributed by atoms with Gasteiger partial charge in [-0.2, -0.15) is 18.2 Å². The standard InChI is InChI=1S/C23H22F3N5O2/c1-33-19-8-6-18(7-9-19)28-20-10-11-27-22(29-20)31-14-12-30(13-15-31)21(32)16-2-4-17(5-3-16)23(24,25)26/h2-11H,12-15H2,1H3,(H,27,28,29). The Kier molecular flexibility index (Phi) is 6.34. The molecule has 0 bridgehead atoms. The van der Waals surface area contributed by atoms with Gasteiger partial charge < -0.3 is 19.9 Å². The smallest absolute Gasteiger partial charge is 0.416 e. The summed E-state index contributed by atoms with van der Waals surface area (Å²) in [5.41, 5.74) is 0.315. The van der Waals surface area contributed by atoms with Crippen LogP contribution in [0.2, 0.25) is 0 Å². The second kappa shape index (κ2) is 9.35. The van der Waals surface area contributed by atoms with Crippen molar-refractivity contribution in [2.75, 3.05) is 43.5 Å². The Morgan fingerprint density at radius 1 is 0.970 bits per heavy atom. The normalized spacial score (nSPS) is 14.2.